The van der Waals surface area contributed by atoms with Crippen LogP contribution in [0.4, 0.5) is 0 Å². The number of halogens is 1. The first-order valence-electron chi connectivity index (χ1n) is 7.44. The van der Waals surface area contributed by atoms with Gasteiger partial charge >= 0.3 is 5.97 Å². The summed E-state index contributed by atoms with van der Waals surface area (Å²) in [5.74, 6) is -2.23. The molecule has 0 spiro atoms. The molecule has 2 aliphatic rings. The zero-order valence-corrected chi connectivity index (χ0v) is 14.4. The lowest BCUT2D eigenvalue weighted by Crippen LogP contribution is -2.63. The Hall–Kier alpha value is -1.90. The fourth-order valence-electron chi connectivity index (χ4n) is 3.79. The standard InChI is InChI=1S/C15H14ClN3O4S/c1-5-8(7-3-18-4-17-12(16)14(18)24-7)11(15(22)23)19-10(5)9(6(2)20)13(19)21/h3-6,9-10,20H,1-2H3,(H,22,23)/t5-,6+,9+,10+/m0/s1. The minimum Gasteiger partial charge on any atom is -0.477 e. The molecule has 0 saturated carbocycles. The number of carboxylic acids is 1. The Balaban J connectivity index is 1.86. The van der Waals surface area contributed by atoms with Gasteiger partial charge in [0.1, 0.15) is 16.9 Å². The molecule has 126 valence electrons. The molecular formula is C15H14ClN3O4S. The summed E-state index contributed by atoms with van der Waals surface area (Å²) in [7, 11) is 0. The van der Waals surface area contributed by atoms with Gasteiger partial charge in [0, 0.05) is 17.7 Å². The van der Waals surface area contributed by atoms with E-state index >= 15 is 0 Å². The van der Waals surface area contributed by atoms with Gasteiger partial charge in [-0.15, -0.1) is 11.3 Å². The molecule has 24 heavy (non-hydrogen) atoms. The molecule has 2 N–H and O–H groups in total. The van der Waals surface area contributed by atoms with Crippen molar-refractivity contribution < 1.29 is 19.8 Å². The van der Waals surface area contributed by atoms with Gasteiger partial charge in [0.15, 0.2) is 5.15 Å². The highest BCUT2D eigenvalue weighted by Gasteiger charge is 2.60. The number of hydrogen-bond acceptors (Lipinski definition) is 5. The average Bonchev–Trinajstić information content (AvgIpc) is 3.11. The molecular weight excluding hydrogens is 354 g/mol. The zero-order chi connectivity index (χ0) is 17.3. The summed E-state index contributed by atoms with van der Waals surface area (Å²) in [6, 6.07) is -0.325. The number of carbonyl (C=O) groups is 2. The van der Waals surface area contributed by atoms with Crippen molar-refractivity contribution in [2.75, 3.05) is 0 Å². The largest absolute Gasteiger partial charge is 0.477 e. The van der Waals surface area contributed by atoms with Crippen molar-refractivity contribution in [2.45, 2.75) is 26.0 Å². The number of carboxylic acid groups (broad SMARTS) is 1. The molecule has 4 heterocycles. The number of fused-ring (bicyclic) bond motifs is 2. The highest BCUT2D eigenvalue weighted by atomic mass is 35.5. The number of β-lactam (4-membered cyclic amide) rings is 1. The molecule has 1 amide bonds. The number of thiazole rings is 1. The molecule has 9 heteroatoms. The van der Waals surface area contributed by atoms with Crippen molar-refractivity contribution in [3.8, 4) is 0 Å². The first kappa shape index (κ1) is 15.6. The zero-order valence-electron chi connectivity index (χ0n) is 12.8. The summed E-state index contributed by atoms with van der Waals surface area (Å²) in [5, 5.41) is 19.9. The minimum atomic E-state index is -1.14. The predicted octanol–water partition coefficient (Wildman–Crippen LogP) is 1.70. The molecule has 2 aromatic heterocycles. The number of hydrogen-bond donors (Lipinski definition) is 2. The highest BCUT2D eigenvalue weighted by molar-refractivity contribution is 7.19. The number of aliphatic carboxylic acids is 1. The number of carbonyl (C=O) groups excluding carboxylic acids is 1. The van der Waals surface area contributed by atoms with Crippen LogP contribution in [-0.2, 0) is 9.59 Å². The van der Waals surface area contributed by atoms with Crippen LogP contribution in [-0.4, -0.2) is 48.5 Å². The predicted molar refractivity (Wildman–Crippen MR) is 87.6 cm³/mol. The molecule has 0 aromatic carbocycles. The summed E-state index contributed by atoms with van der Waals surface area (Å²) in [4.78, 5) is 30.9. The van der Waals surface area contributed by atoms with Crippen molar-refractivity contribution in [2.24, 2.45) is 11.8 Å². The number of aliphatic hydroxyl groups excluding tert-OH is 1. The average molecular weight is 368 g/mol. The minimum absolute atomic E-state index is 0.00276. The Labute approximate surface area is 145 Å². The van der Waals surface area contributed by atoms with Gasteiger partial charge in [-0.2, -0.15) is 0 Å². The Morgan fingerprint density at radius 2 is 2.21 bits per heavy atom. The van der Waals surface area contributed by atoms with Gasteiger partial charge in [-0.25, -0.2) is 9.78 Å². The molecule has 4 atom stereocenters. The van der Waals surface area contributed by atoms with Crippen molar-refractivity contribution >= 4 is 45.2 Å². The van der Waals surface area contributed by atoms with Gasteiger partial charge in [0.25, 0.3) is 0 Å². The highest BCUT2D eigenvalue weighted by Crippen LogP contribution is 2.51. The first-order chi connectivity index (χ1) is 11.3. The number of nitrogens with zero attached hydrogens (tertiary/aromatic N) is 3. The van der Waals surface area contributed by atoms with Crippen LogP contribution < -0.4 is 0 Å². The first-order valence-corrected chi connectivity index (χ1v) is 8.63. The second-order valence-corrected chi connectivity index (χ2v) is 7.55. The summed E-state index contributed by atoms with van der Waals surface area (Å²) in [5.41, 5.74) is 0.608. The molecule has 0 unspecified atom stereocenters. The quantitative estimate of drug-likeness (QED) is 0.805. The normalized spacial score (nSPS) is 27.6. The van der Waals surface area contributed by atoms with E-state index in [-0.39, 0.29) is 23.6 Å². The van der Waals surface area contributed by atoms with Crippen LogP contribution in [0.15, 0.2) is 18.2 Å². The maximum Gasteiger partial charge on any atom is 0.352 e. The number of aliphatic hydroxyl groups is 1. The third kappa shape index (κ3) is 1.84. The second kappa shape index (κ2) is 5.05. The third-order valence-electron chi connectivity index (χ3n) is 4.81. The molecule has 0 radical (unpaired) electrons. The van der Waals surface area contributed by atoms with Crippen LogP contribution in [0.25, 0.3) is 10.4 Å². The second-order valence-electron chi connectivity index (χ2n) is 6.16. The van der Waals surface area contributed by atoms with E-state index in [0.29, 0.717) is 10.7 Å². The maximum absolute atomic E-state index is 12.3. The van der Waals surface area contributed by atoms with Gasteiger partial charge in [-0.1, -0.05) is 18.5 Å². The van der Waals surface area contributed by atoms with Crippen LogP contribution in [0.2, 0.25) is 5.15 Å². The van der Waals surface area contributed by atoms with E-state index in [2.05, 4.69) is 4.98 Å². The summed E-state index contributed by atoms with van der Waals surface area (Å²) in [6.45, 7) is 3.45. The lowest BCUT2D eigenvalue weighted by atomic mass is 9.77. The van der Waals surface area contributed by atoms with Crippen LogP contribution in [0.3, 0.4) is 0 Å². The third-order valence-corrected chi connectivity index (χ3v) is 6.34. The monoisotopic (exact) mass is 367 g/mol. The lowest BCUT2D eigenvalue weighted by Gasteiger charge is -2.46. The summed E-state index contributed by atoms with van der Waals surface area (Å²) >= 11 is 7.38. The number of imidazole rings is 1. The van der Waals surface area contributed by atoms with E-state index in [1.807, 2.05) is 6.92 Å². The van der Waals surface area contributed by atoms with Crippen molar-refractivity contribution in [3.05, 3.63) is 28.3 Å². The fraction of sp³-hybridized carbons (Fsp3) is 0.400. The van der Waals surface area contributed by atoms with E-state index < -0.39 is 18.0 Å². The van der Waals surface area contributed by atoms with Gasteiger partial charge in [0.05, 0.1) is 22.9 Å². The topological polar surface area (TPSA) is 95.1 Å². The molecule has 1 saturated heterocycles. The molecule has 1 fully saturated rings. The summed E-state index contributed by atoms with van der Waals surface area (Å²) in [6.07, 6.45) is 2.53. The van der Waals surface area contributed by atoms with E-state index in [0.717, 1.165) is 9.71 Å². The molecule has 2 aliphatic heterocycles. The van der Waals surface area contributed by atoms with E-state index in [4.69, 9.17) is 11.6 Å². The Morgan fingerprint density at radius 3 is 2.79 bits per heavy atom. The van der Waals surface area contributed by atoms with Gasteiger partial charge in [0.2, 0.25) is 5.91 Å². The Morgan fingerprint density at radius 1 is 1.50 bits per heavy atom. The molecule has 0 aliphatic carbocycles. The van der Waals surface area contributed by atoms with Crippen LogP contribution in [0, 0.1) is 11.8 Å². The van der Waals surface area contributed by atoms with Crippen molar-refractivity contribution in [1.82, 2.24) is 14.3 Å². The number of amides is 1. The summed E-state index contributed by atoms with van der Waals surface area (Å²) < 4.78 is 1.74. The molecule has 7 nitrogen and oxygen atoms in total. The lowest BCUT2D eigenvalue weighted by molar-refractivity contribution is -0.163. The Kier molecular flexibility index (Phi) is 3.28. The fourth-order valence-corrected chi connectivity index (χ4v) is 5.15. The van der Waals surface area contributed by atoms with Crippen LogP contribution in [0.1, 0.15) is 18.7 Å². The van der Waals surface area contributed by atoms with Crippen LogP contribution in [0.5, 0.6) is 0 Å². The van der Waals surface area contributed by atoms with Gasteiger partial charge in [-0.05, 0) is 6.92 Å². The molecule has 0 bridgehead atoms. The number of aromatic nitrogens is 2. The van der Waals surface area contributed by atoms with Crippen LogP contribution >= 0.6 is 22.9 Å². The van der Waals surface area contributed by atoms with Gasteiger partial charge in [-0.3, -0.25) is 9.20 Å². The van der Waals surface area contributed by atoms with E-state index in [1.54, 1.807) is 23.8 Å². The van der Waals surface area contributed by atoms with Crippen molar-refractivity contribution in [1.29, 1.82) is 0 Å². The van der Waals surface area contributed by atoms with E-state index in [1.165, 1.54) is 16.2 Å². The SMILES string of the molecule is C[C@@H](O)[C@H]1C(=O)N2C(C(=O)O)=C(c3cn4cnc(Cl)c4s3)[C@H](C)[C@H]12. The smallest absolute Gasteiger partial charge is 0.352 e. The van der Waals surface area contributed by atoms with Gasteiger partial charge < -0.3 is 15.1 Å². The van der Waals surface area contributed by atoms with E-state index in [9.17, 15) is 19.8 Å². The maximum atomic E-state index is 12.3. The Bertz CT molecular complexity index is 915. The molecule has 2 aromatic rings. The van der Waals surface area contributed by atoms with Crippen molar-refractivity contribution in [3.63, 3.8) is 0 Å². The molecule has 4 rings (SSSR count). The number of rotatable bonds is 3.